The summed E-state index contributed by atoms with van der Waals surface area (Å²) < 4.78 is 10.9. The van der Waals surface area contributed by atoms with E-state index in [1.54, 1.807) is 0 Å². The SMILES string of the molecule is O=C1C[C@H]2CO[C@H]3OCC[C@@H]1[C@@H]23. The highest BCUT2D eigenvalue weighted by atomic mass is 16.7. The van der Waals surface area contributed by atoms with Crippen LogP contribution in [0, 0.1) is 17.8 Å². The van der Waals surface area contributed by atoms with Crippen LogP contribution in [0.3, 0.4) is 0 Å². The van der Waals surface area contributed by atoms with Crippen molar-refractivity contribution < 1.29 is 14.3 Å². The summed E-state index contributed by atoms with van der Waals surface area (Å²) in [7, 11) is 0. The third-order valence-corrected chi connectivity index (χ3v) is 3.39. The van der Waals surface area contributed by atoms with Crippen LogP contribution in [-0.4, -0.2) is 25.3 Å². The normalized spacial score (nSPS) is 51.2. The van der Waals surface area contributed by atoms with E-state index in [4.69, 9.17) is 9.47 Å². The zero-order valence-electron chi connectivity index (χ0n) is 6.86. The predicted octanol–water partition coefficient (Wildman–Crippen LogP) is 0.584. The van der Waals surface area contributed by atoms with Gasteiger partial charge >= 0.3 is 0 Å². The molecule has 0 aromatic heterocycles. The molecule has 4 atom stereocenters. The van der Waals surface area contributed by atoms with Crippen molar-refractivity contribution in [2.45, 2.75) is 19.1 Å². The fraction of sp³-hybridized carbons (Fsp3) is 0.889. The molecule has 3 rings (SSSR count). The Morgan fingerprint density at radius 1 is 1.33 bits per heavy atom. The van der Waals surface area contributed by atoms with Crippen molar-refractivity contribution in [1.82, 2.24) is 0 Å². The quantitative estimate of drug-likeness (QED) is 0.531. The second-order valence-corrected chi connectivity index (χ2v) is 3.98. The molecule has 0 amide bonds. The van der Waals surface area contributed by atoms with Gasteiger partial charge in [0.2, 0.25) is 0 Å². The van der Waals surface area contributed by atoms with Crippen LogP contribution in [0.2, 0.25) is 0 Å². The maximum Gasteiger partial charge on any atom is 0.161 e. The Morgan fingerprint density at radius 3 is 3.17 bits per heavy atom. The highest BCUT2D eigenvalue weighted by Crippen LogP contribution is 2.46. The Balaban J connectivity index is 1.94. The second-order valence-electron chi connectivity index (χ2n) is 3.98. The van der Waals surface area contributed by atoms with Crippen molar-refractivity contribution in [2.24, 2.45) is 17.8 Å². The van der Waals surface area contributed by atoms with Gasteiger partial charge in [0, 0.05) is 18.3 Å². The van der Waals surface area contributed by atoms with Crippen molar-refractivity contribution in [3.63, 3.8) is 0 Å². The van der Waals surface area contributed by atoms with Crippen LogP contribution in [-0.2, 0) is 14.3 Å². The summed E-state index contributed by atoms with van der Waals surface area (Å²) in [5, 5.41) is 0. The van der Waals surface area contributed by atoms with Crippen molar-refractivity contribution in [1.29, 1.82) is 0 Å². The average molecular weight is 168 g/mol. The first-order valence-electron chi connectivity index (χ1n) is 4.62. The number of rotatable bonds is 0. The van der Waals surface area contributed by atoms with Gasteiger partial charge in [-0.25, -0.2) is 0 Å². The molecule has 0 aromatic carbocycles. The van der Waals surface area contributed by atoms with E-state index in [1.807, 2.05) is 0 Å². The molecule has 12 heavy (non-hydrogen) atoms. The minimum atomic E-state index is -0.0554. The summed E-state index contributed by atoms with van der Waals surface area (Å²) >= 11 is 0. The van der Waals surface area contributed by atoms with Gasteiger partial charge in [0.25, 0.3) is 0 Å². The lowest BCUT2D eigenvalue weighted by Crippen LogP contribution is -2.34. The topological polar surface area (TPSA) is 35.5 Å². The van der Waals surface area contributed by atoms with Crippen molar-refractivity contribution in [2.75, 3.05) is 13.2 Å². The van der Waals surface area contributed by atoms with Crippen LogP contribution >= 0.6 is 0 Å². The number of carbonyl (C=O) groups is 1. The molecule has 3 fully saturated rings. The number of hydrogen-bond acceptors (Lipinski definition) is 3. The fourth-order valence-electron chi connectivity index (χ4n) is 2.82. The molecule has 0 bridgehead atoms. The van der Waals surface area contributed by atoms with Gasteiger partial charge in [0.05, 0.1) is 13.2 Å². The molecule has 2 saturated heterocycles. The highest BCUT2D eigenvalue weighted by Gasteiger charge is 2.53. The first kappa shape index (κ1) is 7.04. The Morgan fingerprint density at radius 2 is 2.25 bits per heavy atom. The summed E-state index contributed by atoms with van der Waals surface area (Å²) in [4.78, 5) is 11.5. The summed E-state index contributed by atoms with van der Waals surface area (Å²) in [5.74, 6) is 1.57. The molecule has 66 valence electrons. The zero-order chi connectivity index (χ0) is 8.13. The Bertz CT molecular complexity index is 224. The molecule has 2 heterocycles. The van der Waals surface area contributed by atoms with E-state index in [2.05, 4.69) is 0 Å². The predicted molar refractivity (Wildman–Crippen MR) is 40.4 cm³/mol. The summed E-state index contributed by atoms with van der Waals surface area (Å²) in [6.07, 6.45) is 1.59. The molecule has 0 radical (unpaired) electrons. The summed E-state index contributed by atoms with van der Waals surface area (Å²) in [5.41, 5.74) is 0. The third-order valence-electron chi connectivity index (χ3n) is 3.39. The van der Waals surface area contributed by atoms with E-state index < -0.39 is 0 Å². The maximum atomic E-state index is 11.5. The van der Waals surface area contributed by atoms with Crippen LogP contribution in [0.5, 0.6) is 0 Å². The summed E-state index contributed by atoms with van der Waals surface area (Å²) in [6, 6.07) is 0. The largest absolute Gasteiger partial charge is 0.352 e. The second kappa shape index (κ2) is 2.30. The van der Waals surface area contributed by atoms with Gasteiger partial charge in [-0.3, -0.25) is 4.79 Å². The van der Waals surface area contributed by atoms with Crippen LogP contribution < -0.4 is 0 Å². The minimum Gasteiger partial charge on any atom is -0.352 e. The standard InChI is InChI=1S/C9H12O3/c10-7-3-5-4-12-9-8(5)6(7)1-2-11-9/h5-6,8-9H,1-4H2/t5-,6-,8+,9+/m0/s1. The van der Waals surface area contributed by atoms with Gasteiger partial charge in [0.15, 0.2) is 6.29 Å². The fourth-order valence-corrected chi connectivity index (χ4v) is 2.82. The Hall–Kier alpha value is -0.410. The van der Waals surface area contributed by atoms with Crippen molar-refractivity contribution >= 4 is 5.78 Å². The molecule has 0 aromatic rings. The van der Waals surface area contributed by atoms with Gasteiger partial charge in [-0.15, -0.1) is 0 Å². The molecule has 3 aliphatic rings. The minimum absolute atomic E-state index is 0.0554. The van der Waals surface area contributed by atoms with Gasteiger partial charge in [-0.2, -0.15) is 0 Å². The van der Waals surface area contributed by atoms with E-state index >= 15 is 0 Å². The van der Waals surface area contributed by atoms with Crippen LogP contribution in [0.15, 0.2) is 0 Å². The van der Waals surface area contributed by atoms with Crippen LogP contribution in [0.4, 0.5) is 0 Å². The lowest BCUT2D eigenvalue weighted by atomic mass is 9.87. The zero-order valence-corrected chi connectivity index (χ0v) is 6.86. The van der Waals surface area contributed by atoms with Crippen LogP contribution in [0.25, 0.3) is 0 Å². The number of ether oxygens (including phenoxy) is 2. The third kappa shape index (κ3) is 0.756. The van der Waals surface area contributed by atoms with Gasteiger partial charge in [0.1, 0.15) is 5.78 Å². The van der Waals surface area contributed by atoms with Gasteiger partial charge in [-0.05, 0) is 12.3 Å². The first-order chi connectivity index (χ1) is 5.86. The van der Waals surface area contributed by atoms with Gasteiger partial charge in [-0.1, -0.05) is 0 Å². The van der Waals surface area contributed by atoms with E-state index in [9.17, 15) is 4.79 Å². The molecule has 1 aliphatic carbocycles. The number of carbonyl (C=O) groups excluding carboxylic acids is 1. The van der Waals surface area contributed by atoms with Crippen molar-refractivity contribution in [3.05, 3.63) is 0 Å². The summed E-state index contributed by atoms with van der Waals surface area (Å²) in [6.45, 7) is 1.43. The first-order valence-corrected chi connectivity index (χ1v) is 4.62. The molecule has 3 nitrogen and oxygen atoms in total. The van der Waals surface area contributed by atoms with E-state index in [0.29, 0.717) is 24.2 Å². The van der Waals surface area contributed by atoms with Gasteiger partial charge < -0.3 is 9.47 Å². The average Bonchev–Trinajstić information content (AvgIpc) is 2.61. The Kier molecular flexibility index (Phi) is 1.35. The molecule has 3 heteroatoms. The molecular weight excluding hydrogens is 156 g/mol. The number of ketones is 1. The monoisotopic (exact) mass is 168 g/mol. The molecule has 0 N–H and O–H groups in total. The Labute approximate surface area is 71.0 Å². The van der Waals surface area contributed by atoms with E-state index in [1.165, 1.54) is 0 Å². The van der Waals surface area contributed by atoms with Crippen molar-refractivity contribution in [3.8, 4) is 0 Å². The number of hydrogen-bond donors (Lipinski definition) is 0. The molecule has 0 spiro atoms. The molecular formula is C9H12O3. The van der Waals surface area contributed by atoms with Crippen LogP contribution in [0.1, 0.15) is 12.8 Å². The molecule has 0 unspecified atom stereocenters. The lowest BCUT2D eigenvalue weighted by Gasteiger charge is -2.28. The molecule has 1 saturated carbocycles. The smallest absolute Gasteiger partial charge is 0.161 e. The lowest BCUT2D eigenvalue weighted by molar-refractivity contribution is -0.168. The highest BCUT2D eigenvalue weighted by molar-refractivity contribution is 5.84. The molecule has 2 aliphatic heterocycles. The van der Waals surface area contributed by atoms with E-state index in [-0.39, 0.29) is 12.2 Å². The van der Waals surface area contributed by atoms with E-state index in [0.717, 1.165) is 19.4 Å². The maximum absolute atomic E-state index is 11.5. The number of Topliss-reactive ketones (excluding diaryl/α,β-unsaturated/α-hetero) is 1.